The third kappa shape index (κ3) is 5.71. The van der Waals surface area contributed by atoms with Gasteiger partial charge < -0.3 is 15.1 Å². The molecule has 1 aromatic heterocycles. The van der Waals surface area contributed by atoms with Crippen molar-refractivity contribution in [3.63, 3.8) is 0 Å². The first kappa shape index (κ1) is 25.5. The number of amides is 2. The maximum Gasteiger partial charge on any atom is 0.228 e. The van der Waals surface area contributed by atoms with Crippen LogP contribution in [0.2, 0.25) is 10.0 Å². The molecule has 2 aliphatic heterocycles. The highest BCUT2D eigenvalue weighted by Gasteiger charge is 2.48. The summed E-state index contributed by atoms with van der Waals surface area (Å²) >= 11 is 12.1. The van der Waals surface area contributed by atoms with Gasteiger partial charge in [-0.3, -0.25) is 14.6 Å². The predicted molar refractivity (Wildman–Crippen MR) is 142 cm³/mol. The topological polar surface area (TPSA) is 65.5 Å². The fourth-order valence-corrected chi connectivity index (χ4v) is 5.85. The first-order valence-electron chi connectivity index (χ1n) is 13.0. The molecule has 36 heavy (non-hydrogen) atoms. The molecule has 1 N–H and O–H groups in total. The third-order valence-corrected chi connectivity index (χ3v) is 8.68. The van der Waals surface area contributed by atoms with E-state index >= 15 is 0 Å². The van der Waals surface area contributed by atoms with E-state index in [4.69, 9.17) is 23.2 Å². The Labute approximate surface area is 223 Å². The average Bonchev–Trinajstić information content (AvgIpc) is 3.51. The quantitative estimate of drug-likeness (QED) is 0.562. The van der Waals surface area contributed by atoms with Crippen molar-refractivity contribution < 1.29 is 9.59 Å². The number of rotatable bonds is 7. The Kier molecular flexibility index (Phi) is 7.57. The molecule has 1 aromatic carbocycles. The van der Waals surface area contributed by atoms with Crippen LogP contribution in [0, 0.1) is 17.3 Å². The van der Waals surface area contributed by atoms with Gasteiger partial charge in [-0.05, 0) is 61.4 Å². The van der Waals surface area contributed by atoms with Gasteiger partial charge in [0, 0.05) is 67.7 Å². The number of pyridine rings is 1. The zero-order chi connectivity index (χ0) is 25.3. The zero-order valence-corrected chi connectivity index (χ0v) is 22.3. The van der Waals surface area contributed by atoms with Crippen molar-refractivity contribution in [2.24, 2.45) is 17.3 Å². The molecule has 0 spiro atoms. The molecule has 3 aliphatic rings. The number of halogens is 2. The smallest absolute Gasteiger partial charge is 0.228 e. The molecule has 5 rings (SSSR count). The van der Waals surface area contributed by atoms with Crippen molar-refractivity contribution in [1.82, 2.24) is 20.1 Å². The summed E-state index contributed by atoms with van der Waals surface area (Å²) in [6.07, 6.45) is 5.17. The van der Waals surface area contributed by atoms with Crippen LogP contribution < -0.4 is 5.32 Å². The highest BCUT2D eigenvalue weighted by Crippen LogP contribution is 2.47. The highest BCUT2D eigenvalue weighted by atomic mass is 35.5. The van der Waals surface area contributed by atoms with Crippen molar-refractivity contribution in [2.75, 3.05) is 32.7 Å². The summed E-state index contributed by atoms with van der Waals surface area (Å²) in [6, 6.07) is 11.8. The van der Waals surface area contributed by atoms with E-state index in [1.165, 1.54) is 5.56 Å². The molecule has 1 saturated carbocycles. The molecule has 1 aliphatic carbocycles. The van der Waals surface area contributed by atoms with Crippen LogP contribution in [0.1, 0.15) is 49.8 Å². The monoisotopic (exact) mass is 528 g/mol. The Bertz CT molecular complexity index is 1080. The first-order valence-corrected chi connectivity index (χ1v) is 13.7. The lowest BCUT2D eigenvalue weighted by molar-refractivity contribution is -0.142. The minimum Gasteiger partial charge on any atom is -0.342 e. The number of aromatic nitrogens is 1. The van der Waals surface area contributed by atoms with Gasteiger partial charge >= 0.3 is 0 Å². The van der Waals surface area contributed by atoms with Crippen LogP contribution in [0.3, 0.4) is 0 Å². The molecule has 0 bridgehead atoms. The van der Waals surface area contributed by atoms with Crippen LogP contribution >= 0.6 is 23.2 Å². The summed E-state index contributed by atoms with van der Waals surface area (Å²) in [4.78, 5) is 34.7. The lowest BCUT2D eigenvalue weighted by Gasteiger charge is -2.34. The van der Waals surface area contributed by atoms with E-state index in [-0.39, 0.29) is 29.1 Å². The molecular weight excluding hydrogens is 495 g/mol. The van der Waals surface area contributed by atoms with Crippen LogP contribution in [0.25, 0.3) is 0 Å². The molecule has 8 heteroatoms. The van der Waals surface area contributed by atoms with E-state index in [2.05, 4.69) is 34.3 Å². The summed E-state index contributed by atoms with van der Waals surface area (Å²) in [6.45, 7) is 6.32. The standard InChI is InChI=1S/C28H34Cl2N4O2/c1-28(10-11-28)27(36)33-12-8-20(9-13-33)26(35)34-17-21(14-31-16-24-7-6-23(30)15-32-24)25(18-34)19-2-4-22(29)5-3-19/h2-7,15,20-21,25,31H,8-14,16-18H2,1H3/t21-,25+/m0/s1. The van der Waals surface area contributed by atoms with Gasteiger partial charge in [0.15, 0.2) is 0 Å². The van der Waals surface area contributed by atoms with E-state index in [0.29, 0.717) is 37.1 Å². The number of benzene rings is 1. The average molecular weight is 530 g/mol. The van der Waals surface area contributed by atoms with E-state index in [1.54, 1.807) is 6.20 Å². The molecule has 2 atom stereocenters. The van der Waals surface area contributed by atoms with Gasteiger partial charge in [0.05, 0.1) is 10.7 Å². The van der Waals surface area contributed by atoms with Gasteiger partial charge in [-0.1, -0.05) is 42.3 Å². The number of likely N-dealkylation sites (tertiary alicyclic amines) is 2. The fourth-order valence-electron chi connectivity index (χ4n) is 5.61. The van der Waals surface area contributed by atoms with Crippen molar-refractivity contribution in [3.05, 3.63) is 63.9 Å². The summed E-state index contributed by atoms with van der Waals surface area (Å²) in [5, 5.41) is 4.88. The molecule has 2 aromatic rings. The van der Waals surface area contributed by atoms with Crippen LogP contribution in [-0.4, -0.2) is 59.3 Å². The van der Waals surface area contributed by atoms with Crippen LogP contribution in [0.4, 0.5) is 0 Å². The van der Waals surface area contributed by atoms with Gasteiger partial charge in [-0.2, -0.15) is 0 Å². The molecule has 0 unspecified atom stereocenters. The number of hydrogen-bond donors (Lipinski definition) is 1. The molecule has 2 saturated heterocycles. The molecule has 3 fully saturated rings. The van der Waals surface area contributed by atoms with Gasteiger partial charge in [0.2, 0.25) is 11.8 Å². The van der Waals surface area contributed by atoms with Gasteiger partial charge in [0.25, 0.3) is 0 Å². The third-order valence-electron chi connectivity index (χ3n) is 8.20. The summed E-state index contributed by atoms with van der Waals surface area (Å²) in [5.74, 6) is 1.04. The number of piperidine rings is 1. The molecule has 6 nitrogen and oxygen atoms in total. The predicted octanol–water partition coefficient (Wildman–Crippen LogP) is 4.76. The van der Waals surface area contributed by atoms with Crippen LogP contribution in [-0.2, 0) is 16.1 Å². The number of carbonyl (C=O) groups is 2. The van der Waals surface area contributed by atoms with Crippen LogP contribution in [0.15, 0.2) is 42.6 Å². The maximum absolute atomic E-state index is 13.5. The molecular formula is C28H34Cl2N4O2. The Hall–Kier alpha value is -2.15. The summed E-state index contributed by atoms with van der Waals surface area (Å²) < 4.78 is 0. The number of nitrogens with zero attached hydrogens (tertiary/aromatic N) is 3. The Morgan fingerprint density at radius 2 is 1.69 bits per heavy atom. The molecule has 0 radical (unpaired) electrons. The first-order chi connectivity index (χ1) is 17.3. The molecule has 192 valence electrons. The van der Waals surface area contributed by atoms with Crippen molar-refractivity contribution in [1.29, 1.82) is 0 Å². The molecule has 2 amide bonds. The number of carbonyl (C=O) groups excluding carboxylic acids is 2. The number of nitrogens with one attached hydrogen (secondary N) is 1. The van der Waals surface area contributed by atoms with E-state index in [0.717, 1.165) is 49.5 Å². The SMILES string of the molecule is CC1(C(=O)N2CCC(C(=O)N3C[C@H](CNCc4ccc(Cl)cn4)[C@@H](c4ccc(Cl)cc4)C3)CC2)CC1. The summed E-state index contributed by atoms with van der Waals surface area (Å²) in [5.41, 5.74) is 2.01. The van der Waals surface area contributed by atoms with E-state index < -0.39 is 0 Å². The van der Waals surface area contributed by atoms with Crippen molar-refractivity contribution in [3.8, 4) is 0 Å². The zero-order valence-electron chi connectivity index (χ0n) is 20.8. The van der Waals surface area contributed by atoms with Crippen LogP contribution in [0.5, 0.6) is 0 Å². The Morgan fingerprint density at radius 1 is 1.00 bits per heavy atom. The lowest BCUT2D eigenvalue weighted by Crippen LogP contribution is -2.45. The van der Waals surface area contributed by atoms with Crippen molar-refractivity contribution in [2.45, 2.75) is 45.1 Å². The maximum atomic E-state index is 13.5. The highest BCUT2D eigenvalue weighted by molar-refractivity contribution is 6.30. The largest absolute Gasteiger partial charge is 0.342 e. The Morgan fingerprint density at radius 3 is 2.33 bits per heavy atom. The second-order valence-corrected chi connectivity index (χ2v) is 11.8. The second-order valence-electron chi connectivity index (χ2n) is 10.9. The molecule has 3 heterocycles. The van der Waals surface area contributed by atoms with Gasteiger partial charge in [0.1, 0.15) is 0 Å². The van der Waals surface area contributed by atoms with E-state index in [1.807, 2.05) is 29.2 Å². The van der Waals surface area contributed by atoms with E-state index in [9.17, 15) is 9.59 Å². The second kappa shape index (κ2) is 10.7. The van der Waals surface area contributed by atoms with Gasteiger partial charge in [-0.25, -0.2) is 0 Å². The van der Waals surface area contributed by atoms with Crippen molar-refractivity contribution >= 4 is 35.0 Å². The normalized spacial score (nSPS) is 23.6. The fraction of sp³-hybridized carbons (Fsp3) is 0.536. The minimum absolute atomic E-state index is 0.00287. The minimum atomic E-state index is -0.140. The number of hydrogen-bond acceptors (Lipinski definition) is 4. The lowest BCUT2D eigenvalue weighted by atomic mass is 9.89. The Balaban J connectivity index is 1.21. The van der Waals surface area contributed by atoms with Gasteiger partial charge in [-0.15, -0.1) is 0 Å². The summed E-state index contributed by atoms with van der Waals surface area (Å²) in [7, 11) is 0.